The minimum atomic E-state index is -0.432. The van der Waals surface area contributed by atoms with E-state index >= 15 is 0 Å². The van der Waals surface area contributed by atoms with Gasteiger partial charge in [-0.2, -0.15) is 0 Å². The molecule has 0 N–H and O–H groups in total. The number of hydrogen-bond acceptors (Lipinski definition) is 3. The van der Waals surface area contributed by atoms with Gasteiger partial charge in [-0.15, -0.1) is 0 Å². The molecule has 2 aliphatic rings. The van der Waals surface area contributed by atoms with Crippen LogP contribution in [0.3, 0.4) is 0 Å². The fourth-order valence-corrected chi connectivity index (χ4v) is 3.60. The topological polar surface area (TPSA) is 42.4 Å². The lowest BCUT2D eigenvalue weighted by Gasteiger charge is -2.26. The van der Waals surface area contributed by atoms with Gasteiger partial charge in [0.05, 0.1) is 0 Å². The summed E-state index contributed by atoms with van der Waals surface area (Å²) < 4.78 is 5.43. The molecule has 0 radical (unpaired) electrons. The number of pyridine rings is 1. The number of rotatable bonds is 1. The number of halogens is 1. The molecule has 1 aromatic heterocycles. The number of fused-ring (bicyclic) bond motifs is 1. The number of aromatic nitrogens is 1. The van der Waals surface area contributed by atoms with Gasteiger partial charge in [0, 0.05) is 18.8 Å². The molecule has 3 rings (SSSR count). The third-order valence-electron chi connectivity index (χ3n) is 4.18. The summed E-state index contributed by atoms with van der Waals surface area (Å²) in [5.41, 5.74) is 1.77. The monoisotopic (exact) mass is 308 g/mol. The Kier molecular flexibility index (Phi) is 3.40. The summed E-state index contributed by atoms with van der Waals surface area (Å²) >= 11 is 6.03. The van der Waals surface area contributed by atoms with Gasteiger partial charge in [0.15, 0.2) is 0 Å². The van der Waals surface area contributed by atoms with Crippen LogP contribution in [0.2, 0.25) is 5.15 Å². The Morgan fingerprint density at radius 1 is 1.33 bits per heavy atom. The molecule has 3 atom stereocenters. The van der Waals surface area contributed by atoms with Crippen molar-refractivity contribution in [2.45, 2.75) is 39.2 Å². The molecule has 1 aliphatic carbocycles. The number of piperidine rings is 1. The van der Waals surface area contributed by atoms with Crippen molar-refractivity contribution < 1.29 is 9.53 Å². The summed E-state index contributed by atoms with van der Waals surface area (Å²) in [6.45, 7) is 9.21. The van der Waals surface area contributed by atoms with Gasteiger partial charge in [0.25, 0.3) is 0 Å². The normalized spacial score (nSPS) is 27.5. The van der Waals surface area contributed by atoms with Crippen LogP contribution in [0, 0.1) is 18.8 Å². The Morgan fingerprint density at radius 2 is 1.95 bits per heavy atom. The maximum atomic E-state index is 12.1. The molecule has 0 bridgehead atoms. The van der Waals surface area contributed by atoms with Crippen LogP contribution in [0.25, 0.3) is 0 Å². The van der Waals surface area contributed by atoms with Crippen LogP contribution in [0.5, 0.6) is 0 Å². The van der Waals surface area contributed by atoms with Gasteiger partial charge >= 0.3 is 6.09 Å². The molecule has 114 valence electrons. The zero-order chi connectivity index (χ0) is 15.4. The molecule has 1 aromatic rings. The number of aryl methyl sites for hydroxylation is 1. The zero-order valence-electron chi connectivity index (χ0n) is 12.9. The number of carbonyl (C=O) groups is 1. The number of amides is 1. The summed E-state index contributed by atoms with van der Waals surface area (Å²) in [5, 5.41) is 0.555. The maximum absolute atomic E-state index is 12.1. The highest BCUT2D eigenvalue weighted by Gasteiger charge is 2.57. The third-order valence-corrected chi connectivity index (χ3v) is 4.37. The van der Waals surface area contributed by atoms with Gasteiger partial charge in [-0.05, 0) is 63.1 Å². The fraction of sp³-hybridized carbons (Fsp3) is 0.625. The Hall–Kier alpha value is -1.29. The van der Waals surface area contributed by atoms with E-state index in [4.69, 9.17) is 16.3 Å². The molecule has 2 heterocycles. The first-order chi connectivity index (χ1) is 9.74. The van der Waals surface area contributed by atoms with E-state index < -0.39 is 5.60 Å². The molecule has 1 saturated heterocycles. The van der Waals surface area contributed by atoms with E-state index in [-0.39, 0.29) is 6.09 Å². The molecule has 1 aliphatic heterocycles. The second-order valence-corrected chi connectivity index (χ2v) is 7.49. The van der Waals surface area contributed by atoms with Crippen LogP contribution >= 0.6 is 11.6 Å². The van der Waals surface area contributed by atoms with Gasteiger partial charge in [-0.25, -0.2) is 9.78 Å². The van der Waals surface area contributed by atoms with E-state index in [1.54, 1.807) is 0 Å². The van der Waals surface area contributed by atoms with Gasteiger partial charge in [-0.3, -0.25) is 0 Å². The van der Waals surface area contributed by atoms with Crippen LogP contribution < -0.4 is 0 Å². The quantitative estimate of drug-likeness (QED) is 0.744. The van der Waals surface area contributed by atoms with Gasteiger partial charge in [-0.1, -0.05) is 11.6 Å². The van der Waals surface area contributed by atoms with E-state index in [1.165, 1.54) is 5.56 Å². The third kappa shape index (κ3) is 3.00. The first-order valence-electron chi connectivity index (χ1n) is 7.36. The van der Waals surface area contributed by atoms with Crippen LogP contribution in [0.4, 0.5) is 4.79 Å². The predicted octanol–water partition coefficient (Wildman–Crippen LogP) is 3.62. The summed E-state index contributed by atoms with van der Waals surface area (Å²) in [6.07, 6.45) is -0.197. The van der Waals surface area contributed by atoms with Crippen molar-refractivity contribution in [2.24, 2.45) is 11.8 Å². The van der Waals surface area contributed by atoms with Crippen LogP contribution in [-0.2, 0) is 4.74 Å². The first kappa shape index (κ1) is 14.6. The molecule has 0 aromatic carbocycles. The Morgan fingerprint density at radius 3 is 2.48 bits per heavy atom. The Labute approximate surface area is 130 Å². The van der Waals surface area contributed by atoms with E-state index in [2.05, 4.69) is 11.1 Å². The van der Waals surface area contributed by atoms with Crippen molar-refractivity contribution in [1.82, 2.24) is 9.88 Å². The average Bonchev–Trinajstić information content (AvgIpc) is 2.81. The maximum Gasteiger partial charge on any atom is 0.410 e. The van der Waals surface area contributed by atoms with Crippen molar-refractivity contribution in [2.75, 3.05) is 13.1 Å². The first-order valence-corrected chi connectivity index (χ1v) is 7.74. The van der Waals surface area contributed by atoms with E-state index in [1.807, 2.05) is 38.7 Å². The molecule has 1 unspecified atom stereocenters. The van der Waals surface area contributed by atoms with Crippen molar-refractivity contribution in [1.29, 1.82) is 0 Å². The molecule has 4 nitrogen and oxygen atoms in total. The molecular weight excluding hydrogens is 288 g/mol. The zero-order valence-corrected chi connectivity index (χ0v) is 13.6. The summed E-state index contributed by atoms with van der Waals surface area (Å²) in [6, 6.07) is 4.06. The van der Waals surface area contributed by atoms with Crippen LogP contribution in [-0.4, -0.2) is 34.7 Å². The SMILES string of the molecule is Cc1cc(C2[C@H]3CN(C(=O)OC(C)(C)C)C[C@@H]23)cc(Cl)n1. The highest BCUT2D eigenvalue weighted by atomic mass is 35.5. The number of ether oxygens (including phenoxy) is 1. The van der Waals surface area contributed by atoms with E-state index in [9.17, 15) is 4.79 Å². The minimum Gasteiger partial charge on any atom is -0.444 e. The summed E-state index contributed by atoms with van der Waals surface area (Å²) in [5.74, 6) is 1.59. The second kappa shape index (κ2) is 4.87. The lowest BCUT2D eigenvalue weighted by molar-refractivity contribution is 0.0271. The predicted molar refractivity (Wildman–Crippen MR) is 81.5 cm³/mol. The lowest BCUT2D eigenvalue weighted by atomic mass is 10.1. The fourth-order valence-electron chi connectivity index (χ4n) is 3.34. The summed E-state index contributed by atoms with van der Waals surface area (Å²) in [7, 11) is 0. The van der Waals surface area contributed by atoms with Gasteiger partial charge in [0.2, 0.25) is 0 Å². The number of carbonyl (C=O) groups excluding carboxylic acids is 1. The lowest BCUT2D eigenvalue weighted by Crippen LogP contribution is -2.36. The molecule has 0 spiro atoms. The molecule has 21 heavy (non-hydrogen) atoms. The largest absolute Gasteiger partial charge is 0.444 e. The number of likely N-dealkylation sites (tertiary alicyclic amines) is 1. The molecule has 5 heteroatoms. The smallest absolute Gasteiger partial charge is 0.410 e. The molecule has 2 fully saturated rings. The highest BCUT2D eigenvalue weighted by molar-refractivity contribution is 6.29. The van der Waals surface area contributed by atoms with Crippen molar-refractivity contribution in [3.05, 3.63) is 28.5 Å². The standard InChI is InChI=1S/C16H21ClN2O2/c1-9-5-10(6-13(17)18-9)14-11-7-19(8-12(11)14)15(20)21-16(2,3)4/h5-6,11-12,14H,7-8H2,1-4H3/t11-,12+,14?. The van der Waals surface area contributed by atoms with Crippen molar-refractivity contribution in [3.8, 4) is 0 Å². The number of nitrogens with zero attached hydrogens (tertiary/aromatic N) is 2. The van der Waals surface area contributed by atoms with Crippen LogP contribution in [0.1, 0.15) is 37.9 Å². The Bertz CT molecular complexity index is 550. The average molecular weight is 309 g/mol. The molecular formula is C16H21ClN2O2. The van der Waals surface area contributed by atoms with Crippen molar-refractivity contribution >= 4 is 17.7 Å². The van der Waals surface area contributed by atoms with E-state index in [0.717, 1.165) is 18.8 Å². The highest BCUT2D eigenvalue weighted by Crippen LogP contribution is 2.58. The minimum absolute atomic E-state index is 0.197. The van der Waals surface area contributed by atoms with Gasteiger partial charge in [0.1, 0.15) is 10.8 Å². The summed E-state index contributed by atoms with van der Waals surface area (Å²) in [4.78, 5) is 18.1. The second-order valence-electron chi connectivity index (χ2n) is 7.10. The van der Waals surface area contributed by atoms with Crippen LogP contribution in [0.15, 0.2) is 12.1 Å². The van der Waals surface area contributed by atoms with Gasteiger partial charge < -0.3 is 9.64 Å². The van der Waals surface area contributed by atoms with E-state index in [0.29, 0.717) is 22.9 Å². The molecule has 1 amide bonds. The number of hydrogen-bond donors (Lipinski definition) is 0. The van der Waals surface area contributed by atoms with Crippen molar-refractivity contribution in [3.63, 3.8) is 0 Å². The Balaban J connectivity index is 1.62. The molecule has 1 saturated carbocycles.